The summed E-state index contributed by atoms with van der Waals surface area (Å²) in [6.45, 7) is 0.599. The van der Waals surface area contributed by atoms with Crippen LogP contribution in [0.5, 0.6) is 0 Å². The van der Waals surface area contributed by atoms with Gasteiger partial charge < -0.3 is 22.9 Å². The Morgan fingerprint density at radius 1 is 1.14 bits per heavy atom. The summed E-state index contributed by atoms with van der Waals surface area (Å²) >= 11 is 0. The zero-order chi connectivity index (χ0) is 11.1. The molecule has 0 aromatic rings. The Bertz CT molecular complexity index is 195. The van der Waals surface area contributed by atoms with E-state index in [2.05, 4.69) is 5.32 Å². The summed E-state index contributed by atoms with van der Waals surface area (Å²) in [7, 11) is 0. The lowest BCUT2D eigenvalue weighted by Gasteiger charge is -2.35. The van der Waals surface area contributed by atoms with Gasteiger partial charge in [0.15, 0.2) is 0 Å². The van der Waals surface area contributed by atoms with Crippen molar-refractivity contribution in [2.45, 2.75) is 29.6 Å². The van der Waals surface area contributed by atoms with Crippen molar-refractivity contribution >= 4 is 0 Å². The molecule has 0 aromatic carbocycles. The van der Waals surface area contributed by atoms with Crippen molar-refractivity contribution < 1.29 is 0 Å². The SMILES string of the molecule is NC(C(N)C(N)(N)N)C(N)C1(N)CN1. The van der Waals surface area contributed by atoms with Gasteiger partial charge in [-0.05, 0) is 0 Å². The maximum Gasteiger partial charge on any atom is 0.133 e. The van der Waals surface area contributed by atoms with Crippen LogP contribution in [0, 0.1) is 0 Å². The van der Waals surface area contributed by atoms with Gasteiger partial charge in [-0.1, -0.05) is 0 Å². The van der Waals surface area contributed by atoms with E-state index in [1.807, 2.05) is 0 Å². The number of rotatable bonds is 4. The maximum absolute atomic E-state index is 5.80. The van der Waals surface area contributed by atoms with Crippen molar-refractivity contribution in [2.75, 3.05) is 6.54 Å². The molecule has 84 valence electrons. The van der Waals surface area contributed by atoms with Gasteiger partial charge in [0.1, 0.15) is 5.79 Å². The highest BCUT2D eigenvalue weighted by Crippen LogP contribution is 2.16. The molecule has 1 aliphatic heterocycles. The van der Waals surface area contributed by atoms with Gasteiger partial charge in [-0.2, -0.15) is 0 Å². The summed E-state index contributed by atoms with van der Waals surface area (Å²) < 4.78 is 0. The molecule has 1 saturated heterocycles. The van der Waals surface area contributed by atoms with E-state index in [1.54, 1.807) is 0 Å². The van der Waals surface area contributed by atoms with Gasteiger partial charge in [0.25, 0.3) is 0 Å². The van der Waals surface area contributed by atoms with Gasteiger partial charge in [0.05, 0.1) is 17.7 Å². The Balaban J connectivity index is 2.60. The first-order valence-electron chi connectivity index (χ1n) is 4.36. The number of hydrogen-bond acceptors (Lipinski definition) is 8. The van der Waals surface area contributed by atoms with Crippen LogP contribution in [0.3, 0.4) is 0 Å². The standard InChI is InChI=1S/C6H20N8/c7-2(4(9)6(11,12)13)3(8)5(10)1-14-5/h2-4,14H,1,7-13H2. The molecule has 15 N–H and O–H groups in total. The van der Waals surface area contributed by atoms with E-state index in [9.17, 15) is 0 Å². The second kappa shape index (κ2) is 3.36. The number of nitrogens with one attached hydrogen (secondary N) is 1. The summed E-state index contributed by atoms with van der Waals surface area (Å²) in [5.74, 6) is -1.55. The largest absolute Gasteiger partial charge is 0.325 e. The predicted molar refractivity (Wildman–Crippen MR) is 54.1 cm³/mol. The monoisotopic (exact) mass is 204 g/mol. The van der Waals surface area contributed by atoms with E-state index in [4.69, 9.17) is 40.1 Å². The first-order valence-corrected chi connectivity index (χ1v) is 4.36. The van der Waals surface area contributed by atoms with Crippen LogP contribution in [0.2, 0.25) is 0 Å². The van der Waals surface area contributed by atoms with Crippen LogP contribution in [-0.2, 0) is 0 Å². The molecule has 4 atom stereocenters. The maximum atomic E-state index is 5.80. The second-order valence-corrected chi connectivity index (χ2v) is 4.02. The van der Waals surface area contributed by atoms with Crippen LogP contribution in [0.1, 0.15) is 0 Å². The highest BCUT2D eigenvalue weighted by molar-refractivity contribution is 5.12. The second-order valence-electron chi connectivity index (χ2n) is 4.02. The number of hydrogen-bond donors (Lipinski definition) is 8. The Hall–Kier alpha value is -0.320. The first kappa shape index (κ1) is 11.8. The molecule has 1 fully saturated rings. The van der Waals surface area contributed by atoms with E-state index in [-0.39, 0.29) is 0 Å². The minimum Gasteiger partial charge on any atom is -0.325 e. The van der Waals surface area contributed by atoms with E-state index in [1.165, 1.54) is 0 Å². The quantitative estimate of drug-likeness (QED) is 0.163. The summed E-state index contributed by atoms with van der Waals surface area (Å²) in [4.78, 5) is 0. The molecule has 8 nitrogen and oxygen atoms in total. The van der Waals surface area contributed by atoms with E-state index >= 15 is 0 Å². The fourth-order valence-electron chi connectivity index (χ4n) is 1.24. The highest BCUT2D eigenvalue weighted by Gasteiger charge is 2.48. The van der Waals surface area contributed by atoms with Gasteiger partial charge in [0, 0.05) is 12.6 Å². The topological polar surface area (TPSA) is 204 Å². The zero-order valence-corrected chi connectivity index (χ0v) is 7.98. The summed E-state index contributed by atoms with van der Waals surface area (Å²) in [6.07, 6.45) is 0. The van der Waals surface area contributed by atoms with Crippen molar-refractivity contribution in [2.24, 2.45) is 40.1 Å². The number of nitrogens with two attached hydrogens (primary N) is 7. The van der Waals surface area contributed by atoms with E-state index in [0.717, 1.165) is 0 Å². The molecule has 14 heavy (non-hydrogen) atoms. The van der Waals surface area contributed by atoms with Gasteiger partial charge >= 0.3 is 0 Å². The summed E-state index contributed by atoms with van der Waals surface area (Å²) in [6, 6.07) is -2.01. The first-order chi connectivity index (χ1) is 6.18. The third-order valence-electron chi connectivity index (χ3n) is 2.59. The zero-order valence-electron chi connectivity index (χ0n) is 7.98. The van der Waals surface area contributed by atoms with Gasteiger partial charge in [-0.15, -0.1) is 0 Å². The van der Waals surface area contributed by atoms with Crippen LogP contribution in [-0.4, -0.2) is 36.1 Å². The third-order valence-corrected chi connectivity index (χ3v) is 2.59. The van der Waals surface area contributed by atoms with Crippen LogP contribution >= 0.6 is 0 Å². The minimum absolute atomic E-state index is 0.535. The van der Waals surface area contributed by atoms with Crippen LogP contribution in [0.15, 0.2) is 0 Å². The predicted octanol–water partition coefficient (Wildman–Crippen LogP) is -5.24. The Morgan fingerprint density at radius 3 is 1.86 bits per heavy atom. The van der Waals surface area contributed by atoms with Crippen LogP contribution < -0.4 is 45.5 Å². The molecule has 1 rings (SSSR count). The molecule has 4 unspecified atom stereocenters. The lowest BCUT2D eigenvalue weighted by atomic mass is 9.92. The molecular weight excluding hydrogens is 184 g/mol. The summed E-state index contributed by atoms with van der Waals surface area (Å²) in [5.41, 5.74) is 38.6. The van der Waals surface area contributed by atoms with Gasteiger partial charge in [0.2, 0.25) is 0 Å². The van der Waals surface area contributed by atoms with Crippen LogP contribution in [0.4, 0.5) is 0 Å². The van der Waals surface area contributed by atoms with Crippen LogP contribution in [0.25, 0.3) is 0 Å². The molecular formula is C6H20N8. The lowest BCUT2D eigenvalue weighted by Crippen LogP contribution is -2.77. The fraction of sp³-hybridized carbons (Fsp3) is 1.00. The molecule has 0 saturated carbocycles. The molecule has 8 heteroatoms. The summed E-state index contributed by atoms with van der Waals surface area (Å²) in [5, 5.41) is 2.89. The third kappa shape index (κ3) is 2.19. The highest BCUT2D eigenvalue weighted by atomic mass is 15.3. The molecule has 0 radical (unpaired) electrons. The molecule has 0 aliphatic carbocycles. The minimum atomic E-state index is -1.55. The Labute approximate surface area is 82.5 Å². The molecule has 1 aliphatic rings. The van der Waals surface area contributed by atoms with Crippen molar-refractivity contribution in [1.29, 1.82) is 0 Å². The lowest BCUT2D eigenvalue weighted by molar-refractivity contribution is 0.276. The van der Waals surface area contributed by atoms with Crippen molar-refractivity contribution in [1.82, 2.24) is 5.32 Å². The van der Waals surface area contributed by atoms with E-state index in [0.29, 0.717) is 6.54 Å². The smallest absolute Gasteiger partial charge is 0.133 e. The average molecular weight is 204 g/mol. The molecule has 0 amide bonds. The van der Waals surface area contributed by atoms with Crippen molar-refractivity contribution in [3.8, 4) is 0 Å². The molecule has 1 heterocycles. The Kier molecular flexibility index (Phi) is 2.82. The molecule has 0 aromatic heterocycles. The average Bonchev–Trinajstić information content (AvgIpc) is 2.79. The normalized spacial score (nSPS) is 33.6. The molecule has 0 bridgehead atoms. The Morgan fingerprint density at radius 2 is 1.57 bits per heavy atom. The molecule has 0 spiro atoms. The van der Waals surface area contributed by atoms with Gasteiger partial charge in [-0.25, -0.2) is 0 Å². The van der Waals surface area contributed by atoms with Gasteiger partial charge in [-0.3, -0.25) is 22.5 Å². The van der Waals surface area contributed by atoms with Crippen molar-refractivity contribution in [3.05, 3.63) is 0 Å². The fourth-order valence-corrected chi connectivity index (χ4v) is 1.24. The van der Waals surface area contributed by atoms with Crippen molar-refractivity contribution in [3.63, 3.8) is 0 Å². The van der Waals surface area contributed by atoms with E-state index < -0.39 is 29.6 Å².